The summed E-state index contributed by atoms with van der Waals surface area (Å²) >= 11 is 12.8. The van der Waals surface area contributed by atoms with E-state index in [4.69, 9.17) is 27.9 Å². The van der Waals surface area contributed by atoms with Crippen LogP contribution in [0.5, 0.6) is 0 Å². The van der Waals surface area contributed by atoms with Gasteiger partial charge in [0.25, 0.3) is 5.56 Å². The molecule has 1 aliphatic rings. The number of carbonyl (C=O) groups excluding carboxylic acids is 2. The number of imidazole rings is 1. The van der Waals surface area contributed by atoms with E-state index < -0.39 is 17.3 Å². The third kappa shape index (κ3) is 5.46. The van der Waals surface area contributed by atoms with Gasteiger partial charge >= 0.3 is 6.09 Å². The van der Waals surface area contributed by atoms with Gasteiger partial charge in [0.1, 0.15) is 17.5 Å². The predicted octanol–water partition coefficient (Wildman–Crippen LogP) is 5.06. The van der Waals surface area contributed by atoms with Gasteiger partial charge in [0.2, 0.25) is 17.6 Å². The molecule has 1 saturated heterocycles. The molecule has 220 valence electrons. The van der Waals surface area contributed by atoms with Crippen LogP contribution in [0.15, 0.2) is 65.8 Å². The van der Waals surface area contributed by atoms with Gasteiger partial charge < -0.3 is 15.0 Å². The molecule has 4 heterocycles. The van der Waals surface area contributed by atoms with Crippen molar-refractivity contribution in [1.29, 1.82) is 0 Å². The van der Waals surface area contributed by atoms with Gasteiger partial charge in [-0.05, 0) is 57.2 Å². The summed E-state index contributed by atoms with van der Waals surface area (Å²) in [6.45, 7) is 6.00. The molecule has 14 heteroatoms. The van der Waals surface area contributed by atoms with Crippen LogP contribution in [0.25, 0.3) is 22.5 Å². The number of carbonyl (C=O) groups is 2. The number of amides is 2. The summed E-state index contributed by atoms with van der Waals surface area (Å²) in [7, 11) is 0. The van der Waals surface area contributed by atoms with Crippen LogP contribution in [0.3, 0.4) is 0 Å². The summed E-state index contributed by atoms with van der Waals surface area (Å²) < 4.78 is 8.39. The summed E-state index contributed by atoms with van der Waals surface area (Å²) in [6, 6.07) is 12.2. The highest BCUT2D eigenvalue weighted by Crippen LogP contribution is 2.29. The van der Waals surface area contributed by atoms with E-state index in [2.05, 4.69) is 20.3 Å². The van der Waals surface area contributed by atoms with Crippen LogP contribution >= 0.6 is 23.2 Å². The fourth-order valence-corrected chi connectivity index (χ4v) is 5.36. The summed E-state index contributed by atoms with van der Waals surface area (Å²) in [4.78, 5) is 55.1. The van der Waals surface area contributed by atoms with E-state index in [1.54, 1.807) is 84.9 Å². The van der Waals surface area contributed by atoms with E-state index in [1.807, 2.05) is 0 Å². The van der Waals surface area contributed by atoms with Crippen molar-refractivity contribution in [3.8, 4) is 5.69 Å². The summed E-state index contributed by atoms with van der Waals surface area (Å²) in [5, 5.41) is 3.98. The summed E-state index contributed by atoms with van der Waals surface area (Å²) in [5.74, 6) is 0.340. The van der Waals surface area contributed by atoms with Crippen molar-refractivity contribution in [2.45, 2.75) is 26.4 Å². The zero-order valence-corrected chi connectivity index (χ0v) is 24.9. The second-order valence-corrected chi connectivity index (χ2v) is 11.7. The van der Waals surface area contributed by atoms with Crippen molar-refractivity contribution in [3.63, 3.8) is 0 Å². The Hall–Kier alpha value is -4.68. The molecule has 0 radical (unpaired) electrons. The third-order valence-electron chi connectivity index (χ3n) is 6.72. The van der Waals surface area contributed by atoms with E-state index in [0.29, 0.717) is 45.8 Å². The zero-order chi connectivity index (χ0) is 30.5. The SMILES string of the molecule is CC(C)(C)OC(=O)N1CCN(c2ccc(Nc3ncc4c(=O)n(-c5c(Cl)cccc5Cl)c5nccn5c4n3)cc2)C(=O)C1. The van der Waals surface area contributed by atoms with Crippen LogP contribution < -0.4 is 15.8 Å². The maximum absolute atomic E-state index is 13.6. The van der Waals surface area contributed by atoms with Crippen molar-refractivity contribution in [3.05, 3.63) is 81.5 Å². The standard InChI is InChI=1S/C29H26Cl2N8O4/c1-29(2,3)43-28(42)36-13-14-37(22(40)16-36)18-9-7-17(8-10-18)34-26-33-15-19-24(35-26)38-12-11-32-27(38)39(25(19)41)23-20(30)5-4-6-21(23)31/h4-12,15H,13-14,16H2,1-3H3,(H,33,34,35). The number of anilines is 3. The van der Waals surface area contributed by atoms with E-state index in [9.17, 15) is 14.4 Å². The first-order valence-corrected chi connectivity index (χ1v) is 14.1. The number of rotatable bonds is 4. The molecule has 1 N–H and O–H groups in total. The molecule has 12 nitrogen and oxygen atoms in total. The molecular formula is C29H26Cl2N8O4. The molecule has 0 atom stereocenters. The number of benzene rings is 2. The second-order valence-electron chi connectivity index (χ2n) is 10.9. The Balaban J connectivity index is 1.23. The summed E-state index contributed by atoms with van der Waals surface area (Å²) in [6.07, 6.45) is 4.17. The molecule has 1 aliphatic heterocycles. The lowest BCUT2D eigenvalue weighted by molar-refractivity contribution is -0.121. The zero-order valence-electron chi connectivity index (χ0n) is 23.4. The van der Waals surface area contributed by atoms with Gasteiger partial charge in [-0.3, -0.25) is 18.9 Å². The van der Waals surface area contributed by atoms with Crippen molar-refractivity contribution in [1.82, 2.24) is 28.8 Å². The monoisotopic (exact) mass is 620 g/mol. The average Bonchev–Trinajstić information content (AvgIpc) is 3.44. The highest BCUT2D eigenvalue weighted by molar-refractivity contribution is 6.37. The van der Waals surface area contributed by atoms with Crippen LogP contribution in [0, 0.1) is 0 Å². The first-order chi connectivity index (χ1) is 20.5. The van der Waals surface area contributed by atoms with Crippen LogP contribution in [0.1, 0.15) is 20.8 Å². The van der Waals surface area contributed by atoms with Gasteiger partial charge in [-0.25, -0.2) is 19.3 Å². The molecular weight excluding hydrogens is 595 g/mol. The Labute approximate surface area is 255 Å². The molecule has 3 aromatic heterocycles. The Morgan fingerprint density at radius 2 is 1.72 bits per heavy atom. The topological polar surface area (TPSA) is 127 Å². The van der Waals surface area contributed by atoms with Crippen LogP contribution in [0.2, 0.25) is 10.0 Å². The third-order valence-corrected chi connectivity index (χ3v) is 7.33. The van der Waals surface area contributed by atoms with Gasteiger partial charge in [-0.1, -0.05) is 29.3 Å². The molecule has 0 aliphatic carbocycles. The average molecular weight is 621 g/mol. The van der Waals surface area contributed by atoms with E-state index in [0.717, 1.165) is 0 Å². The first kappa shape index (κ1) is 28.4. The van der Waals surface area contributed by atoms with Gasteiger partial charge in [0, 0.05) is 43.1 Å². The van der Waals surface area contributed by atoms with Crippen molar-refractivity contribution in [2.75, 3.05) is 29.9 Å². The molecule has 0 unspecified atom stereocenters. The molecule has 0 saturated carbocycles. The van der Waals surface area contributed by atoms with Crippen molar-refractivity contribution < 1.29 is 14.3 Å². The maximum Gasteiger partial charge on any atom is 0.410 e. The number of nitrogens with zero attached hydrogens (tertiary/aromatic N) is 7. The molecule has 1 fully saturated rings. The van der Waals surface area contributed by atoms with Crippen molar-refractivity contribution in [2.24, 2.45) is 0 Å². The molecule has 2 aromatic carbocycles. The summed E-state index contributed by atoms with van der Waals surface area (Å²) in [5.41, 5.74) is 0.971. The smallest absolute Gasteiger partial charge is 0.410 e. The van der Waals surface area contributed by atoms with Gasteiger partial charge in [-0.2, -0.15) is 4.98 Å². The fraction of sp³-hybridized carbons (Fsp3) is 0.241. The minimum Gasteiger partial charge on any atom is -0.444 e. The molecule has 2 amide bonds. The van der Waals surface area contributed by atoms with Crippen LogP contribution in [0.4, 0.5) is 22.1 Å². The number of halogens is 2. The Morgan fingerprint density at radius 1 is 1.00 bits per heavy atom. The minimum absolute atomic E-state index is 0.0625. The molecule has 6 rings (SSSR count). The maximum atomic E-state index is 13.6. The number of hydrogen-bond acceptors (Lipinski definition) is 8. The minimum atomic E-state index is -0.635. The number of piperazine rings is 1. The Bertz CT molecular complexity index is 1930. The molecule has 43 heavy (non-hydrogen) atoms. The van der Waals surface area contributed by atoms with E-state index in [-0.39, 0.29) is 29.6 Å². The predicted molar refractivity (Wildman–Crippen MR) is 164 cm³/mol. The number of nitrogens with one attached hydrogen (secondary N) is 1. The van der Waals surface area contributed by atoms with Gasteiger partial charge in [0.15, 0.2) is 5.65 Å². The lowest BCUT2D eigenvalue weighted by atomic mass is 10.2. The van der Waals surface area contributed by atoms with Gasteiger partial charge in [-0.15, -0.1) is 0 Å². The lowest BCUT2D eigenvalue weighted by Crippen LogP contribution is -2.53. The van der Waals surface area contributed by atoms with Gasteiger partial charge in [0.05, 0.1) is 15.7 Å². The number of ether oxygens (including phenoxy) is 1. The Morgan fingerprint density at radius 3 is 2.40 bits per heavy atom. The number of aromatic nitrogens is 5. The van der Waals surface area contributed by atoms with Crippen LogP contribution in [-0.2, 0) is 9.53 Å². The quantitative estimate of drug-likeness (QED) is 0.295. The molecule has 5 aromatic rings. The van der Waals surface area contributed by atoms with Crippen molar-refractivity contribution >= 4 is 69.3 Å². The number of hydrogen-bond donors (Lipinski definition) is 1. The number of fused-ring (bicyclic) bond motifs is 3. The lowest BCUT2D eigenvalue weighted by Gasteiger charge is -2.35. The molecule has 0 bridgehead atoms. The highest BCUT2D eigenvalue weighted by Gasteiger charge is 2.31. The first-order valence-electron chi connectivity index (χ1n) is 13.3. The van der Waals surface area contributed by atoms with E-state index in [1.165, 1.54) is 15.7 Å². The fourth-order valence-electron chi connectivity index (χ4n) is 4.79. The Kier molecular flexibility index (Phi) is 7.18. The van der Waals surface area contributed by atoms with Crippen LogP contribution in [-0.4, -0.2) is 66.1 Å². The second kappa shape index (κ2) is 10.9. The van der Waals surface area contributed by atoms with E-state index >= 15 is 0 Å². The number of para-hydroxylation sites is 1. The highest BCUT2D eigenvalue weighted by atomic mass is 35.5. The molecule has 0 spiro atoms. The largest absolute Gasteiger partial charge is 0.444 e. The normalized spacial score (nSPS) is 14.0.